The van der Waals surface area contributed by atoms with E-state index in [0.29, 0.717) is 13.2 Å². The Bertz CT molecular complexity index is 450. The summed E-state index contributed by atoms with van der Waals surface area (Å²) in [7, 11) is 0. The van der Waals surface area contributed by atoms with Crippen molar-refractivity contribution >= 4 is 11.4 Å². The molecule has 1 fully saturated rings. The van der Waals surface area contributed by atoms with Crippen molar-refractivity contribution < 1.29 is 9.66 Å². The van der Waals surface area contributed by atoms with E-state index in [-0.39, 0.29) is 5.69 Å². The van der Waals surface area contributed by atoms with Gasteiger partial charge in [0.1, 0.15) is 0 Å². The molecule has 6 nitrogen and oxygen atoms in total. The Morgan fingerprint density at radius 2 is 1.94 bits per heavy atom. The fourth-order valence-electron chi connectivity index (χ4n) is 1.75. The topological polar surface area (TPSA) is 68.0 Å². The number of non-ortho nitro benzene ring substituents is 1. The molecule has 0 N–H and O–H groups in total. The van der Waals surface area contributed by atoms with E-state index in [0.717, 1.165) is 24.4 Å². The molecule has 2 rings (SSSR count). The fraction of sp³-hybridized carbons (Fsp3) is 0.417. The van der Waals surface area contributed by atoms with E-state index >= 15 is 0 Å². The van der Waals surface area contributed by atoms with Crippen LogP contribution in [0.3, 0.4) is 0 Å². The van der Waals surface area contributed by atoms with Crippen LogP contribution in [-0.4, -0.2) is 41.9 Å². The molecule has 0 atom stereocenters. The largest absolute Gasteiger partial charge is 0.378 e. The van der Waals surface area contributed by atoms with Gasteiger partial charge in [-0.05, 0) is 24.6 Å². The van der Waals surface area contributed by atoms with Gasteiger partial charge in [-0.25, -0.2) is 0 Å². The van der Waals surface area contributed by atoms with Crippen LogP contribution in [0.4, 0.5) is 5.69 Å². The molecule has 1 saturated heterocycles. The Hall–Kier alpha value is -1.95. The zero-order chi connectivity index (χ0) is 13.0. The van der Waals surface area contributed by atoms with E-state index in [2.05, 4.69) is 5.10 Å². The third-order valence-electron chi connectivity index (χ3n) is 2.77. The van der Waals surface area contributed by atoms with Gasteiger partial charge < -0.3 is 4.74 Å². The molecule has 0 saturated carbocycles. The predicted octanol–water partition coefficient (Wildman–Crippen LogP) is 1.65. The van der Waals surface area contributed by atoms with Gasteiger partial charge in [-0.2, -0.15) is 5.10 Å². The normalized spacial score (nSPS) is 16.7. The number of benzene rings is 1. The van der Waals surface area contributed by atoms with Gasteiger partial charge in [-0.15, -0.1) is 0 Å². The van der Waals surface area contributed by atoms with Crippen LogP contribution in [-0.2, 0) is 4.74 Å². The molecule has 1 aromatic rings. The van der Waals surface area contributed by atoms with Crippen LogP contribution in [0.2, 0.25) is 0 Å². The first-order valence-electron chi connectivity index (χ1n) is 5.79. The van der Waals surface area contributed by atoms with E-state index in [1.807, 2.05) is 11.9 Å². The second-order valence-electron chi connectivity index (χ2n) is 4.06. The van der Waals surface area contributed by atoms with Crippen LogP contribution in [0.15, 0.2) is 29.4 Å². The molecule has 1 aliphatic heterocycles. The molecule has 1 aliphatic rings. The SMILES string of the molecule is C/C(=N\N1CCOCC1)c1ccc([N+](=O)[O-])cc1. The van der Waals surface area contributed by atoms with Crippen LogP contribution >= 0.6 is 0 Å². The molecule has 0 spiro atoms. The van der Waals surface area contributed by atoms with E-state index in [9.17, 15) is 10.1 Å². The number of nitrogens with zero attached hydrogens (tertiary/aromatic N) is 3. The van der Waals surface area contributed by atoms with Crippen molar-refractivity contribution in [2.45, 2.75) is 6.92 Å². The van der Waals surface area contributed by atoms with E-state index in [1.165, 1.54) is 12.1 Å². The Morgan fingerprint density at radius 3 is 2.50 bits per heavy atom. The van der Waals surface area contributed by atoms with Gasteiger partial charge in [0.15, 0.2) is 0 Å². The molecule has 0 unspecified atom stereocenters. The number of nitro benzene ring substituents is 1. The van der Waals surface area contributed by atoms with E-state index in [1.54, 1.807) is 12.1 Å². The molecule has 0 aromatic heterocycles. The van der Waals surface area contributed by atoms with Crippen molar-refractivity contribution in [3.63, 3.8) is 0 Å². The van der Waals surface area contributed by atoms with Crippen LogP contribution in [0, 0.1) is 10.1 Å². The first kappa shape index (κ1) is 12.5. The minimum Gasteiger partial charge on any atom is -0.378 e. The molecule has 18 heavy (non-hydrogen) atoms. The minimum absolute atomic E-state index is 0.0953. The van der Waals surface area contributed by atoms with Crippen molar-refractivity contribution in [2.24, 2.45) is 5.10 Å². The summed E-state index contributed by atoms with van der Waals surface area (Å²) in [5.41, 5.74) is 1.84. The number of nitro groups is 1. The highest BCUT2D eigenvalue weighted by molar-refractivity contribution is 5.98. The highest BCUT2D eigenvalue weighted by atomic mass is 16.6. The van der Waals surface area contributed by atoms with Crippen molar-refractivity contribution in [3.05, 3.63) is 39.9 Å². The third kappa shape index (κ3) is 3.04. The van der Waals surface area contributed by atoms with Crippen LogP contribution in [0.1, 0.15) is 12.5 Å². The zero-order valence-corrected chi connectivity index (χ0v) is 10.2. The summed E-state index contributed by atoms with van der Waals surface area (Å²) < 4.78 is 5.24. The van der Waals surface area contributed by atoms with E-state index < -0.39 is 4.92 Å². The number of rotatable bonds is 3. The summed E-state index contributed by atoms with van der Waals surface area (Å²) in [5.74, 6) is 0. The zero-order valence-electron chi connectivity index (χ0n) is 10.2. The average molecular weight is 249 g/mol. The Kier molecular flexibility index (Phi) is 3.88. The second kappa shape index (κ2) is 5.59. The van der Waals surface area contributed by atoms with Gasteiger partial charge in [0, 0.05) is 12.1 Å². The number of morpholine rings is 1. The number of hydrogen-bond donors (Lipinski definition) is 0. The highest BCUT2D eigenvalue weighted by Gasteiger charge is 2.09. The van der Waals surface area contributed by atoms with Gasteiger partial charge >= 0.3 is 0 Å². The molecule has 0 amide bonds. The smallest absolute Gasteiger partial charge is 0.269 e. The van der Waals surface area contributed by atoms with Gasteiger partial charge in [0.2, 0.25) is 0 Å². The Balaban J connectivity index is 2.09. The van der Waals surface area contributed by atoms with Gasteiger partial charge in [-0.1, -0.05) is 0 Å². The van der Waals surface area contributed by atoms with E-state index in [4.69, 9.17) is 4.74 Å². The summed E-state index contributed by atoms with van der Waals surface area (Å²) in [6.45, 7) is 4.85. The van der Waals surface area contributed by atoms with Crippen molar-refractivity contribution in [1.82, 2.24) is 5.01 Å². The standard InChI is InChI=1S/C12H15N3O3/c1-10(13-14-6-8-18-9-7-14)11-2-4-12(5-3-11)15(16)17/h2-5H,6-9H2,1H3/b13-10+. The molecule has 0 bridgehead atoms. The maximum absolute atomic E-state index is 10.6. The number of hydrogen-bond acceptors (Lipinski definition) is 5. The molecule has 0 radical (unpaired) electrons. The molecule has 6 heteroatoms. The van der Waals surface area contributed by atoms with Crippen LogP contribution in [0.25, 0.3) is 0 Å². The lowest BCUT2D eigenvalue weighted by Gasteiger charge is -2.24. The first-order valence-corrected chi connectivity index (χ1v) is 5.79. The van der Waals surface area contributed by atoms with Gasteiger partial charge in [-0.3, -0.25) is 15.1 Å². The van der Waals surface area contributed by atoms with Crippen molar-refractivity contribution in [2.75, 3.05) is 26.3 Å². The molecule has 0 aliphatic carbocycles. The molecule has 1 aromatic carbocycles. The maximum atomic E-state index is 10.6. The molecular weight excluding hydrogens is 234 g/mol. The van der Waals surface area contributed by atoms with Crippen molar-refractivity contribution in [1.29, 1.82) is 0 Å². The lowest BCUT2D eigenvalue weighted by atomic mass is 10.1. The first-order chi connectivity index (χ1) is 8.66. The minimum atomic E-state index is -0.405. The summed E-state index contributed by atoms with van der Waals surface area (Å²) in [5, 5.41) is 17.0. The third-order valence-corrected chi connectivity index (χ3v) is 2.77. The molecule has 1 heterocycles. The van der Waals surface area contributed by atoms with Crippen LogP contribution < -0.4 is 0 Å². The summed E-state index contributed by atoms with van der Waals surface area (Å²) >= 11 is 0. The average Bonchev–Trinajstić information content (AvgIpc) is 2.40. The summed E-state index contributed by atoms with van der Waals surface area (Å²) in [4.78, 5) is 10.1. The number of hydrazone groups is 1. The second-order valence-corrected chi connectivity index (χ2v) is 4.06. The Labute approximate surface area is 105 Å². The van der Waals surface area contributed by atoms with Crippen LogP contribution in [0.5, 0.6) is 0 Å². The fourth-order valence-corrected chi connectivity index (χ4v) is 1.75. The monoisotopic (exact) mass is 249 g/mol. The summed E-state index contributed by atoms with van der Waals surface area (Å²) in [6, 6.07) is 6.43. The maximum Gasteiger partial charge on any atom is 0.269 e. The number of ether oxygens (including phenoxy) is 1. The molecular formula is C12H15N3O3. The van der Waals surface area contributed by atoms with Gasteiger partial charge in [0.25, 0.3) is 5.69 Å². The quantitative estimate of drug-likeness (QED) is 0.464. The highest BCUT2D eigenvalue weighted by Crippen LogP contribution is 2.13. The summed E-state index contributed by atoms with van der Waals surface area (Å²) in [6.07, 6.45) is 0. The van der Waals surface area contributed by atoms with Gasteiger partial charge in [0.05, 0.1) is 36.9 Å². The lowest BCUT2D eigenvalue weighted by molar-refractivity contribution is -0.384. The Morgan fingerprint density at radius 1 is 1.33 bits per heavy atom. The lowest BCUT2D eigenvalue weighted by Crippen LogP contribution is -2.33. The molecule has 96 valence electrons. The van der Waals surface area contributed by atoms with Crippen molar-refractivity contribution in [3.8, 4) is 0 Å². The predicted molar refractivity (Wildman–Crippen MR) is 67.7 cm³/mol.